The molecule has 0 aliphatic heterocycles. The number of ether oxygens (including phenoxy) is 1. The highest BCUT2D eigenvalue weighted by Crippen LogP contribution is 2.15. The maximum Gasteiger partial charge on any atom is 0.355 e. The van der Waals surface area contributed by atoms with E-state index in [1.54, 1.807) is 6.07 Å². The Morgan fingerprint density at radius 2 is 1.95 bits per heavy atom. The lowest BCUT2D eigenvalue weighted by molar-refractivity contribution is -0.125. The number of hydrogen-bond acceptors (Lipinski definition) is 3. The number of esters is 1. The number of carbonyl (C=O) groups excluding carboxylic acids is 2. The van der Waals surface area contributed by atoms with Crippen LogP contribution in [0.25, 0.3) is 10.9 Å². The van der Waals surface area contributed by atoms with Crippen molar-refractivity contribution in [3.8, 4) is 0 Å². The largest absolute Gasteiger partial charge is 0.451 e. The standard InChI is InChI=1S/C16H20N2O3/c1-10(2)11(3)17-15(19)9-21-16(20)14-8-12-6-4-5-7-13(12)18-14/h4-8,10-11,18H,9H2,1-3H3,(H,17,19)/t11-/m0/s1. The minimum atomic E-state index is -0.529. The summed E-state index contributed by atoms with van der Waals surface area (Å²) in [5.74, 6) is -0.488. The van der Waals surface area contributed by atoms with Crippen molar-refractivity contribution in [3.63, 3.8) is 0 Å². The van der Waals surface area contributed by atoms with E-state index in [-0.39, 0.29) is 18.6 Å². The summed E-state index contributed by atoms with van der Waals surface area (Å²) in [6, 6.07) is 9.32. The Bertz CT molecular complexity index is 613. The Labute approximate surface area is 123 Å². The number of aromatic nitrogens is 1. The van der Waals surface area contributed by atoms with E-state index < -0.39 is 5.97 Å². The Hall–Kier alpha value is -2.30. The molecule has 0 saturated heterocycles. The molecule has 0 spiro atoms. The minimum absolute atomic E-state index is 0.0456. The lowest BCUT2D eigenvalue weighted by Crippen LogP contribution is -2.38. The molecule has 5 nitrogen and oxygen atoms in total. The molecule has 0 radical (unpaired) electrons. The first kappa shape index (κ1) is 15.1. The monoisotopic (exact) mass is 288 g/mol. The van der Waals surface area contributed by atoms with Gasteiger partial charge in [0.2, 0.25) is 0 Å². The summed E-state index contributed by atoms with van der Waals surface area (Å²) >= 11 is 0. The summed E-state index contributed by atoms with van der Waals surface area (Å²) in [5, 5.41) is 3.72. The molecule has 1 amide bonds. The maximum absolute atomic E-state index is 11.9. The van der Waals surface area contributed by atoms with Crippen molar-refractivity contribution in [2.45, 2.75) is 26.8 Å². The van der Waals surface area contributed by atoms with E-state index in [1.165, 1.54) is 0 Å². The summed E-state index contributed by atoms with van der Waals surface area (Å²) in [7, 11) is 0. The number of H-pyrrole nitrogens is 1. The first-order chi connectivity index (χ1) is 9.97. The molecule has 5 heteroatoms. The second-order valence-corrected chi connectivity index (χ2v) is 5.45. The van der Waals surface area contributed by atoms with Crippen LogP contribution in [0.15, 0.2) is 30.3 Å². The normalized spacial score (nSPS) is 12.4. The molecule has 0 aliphatic carbocycles. The van der Waals surface area contributed by atoms with Crippen molar-refractivity contribution in [2.75, 3.05) is 6.61 Å². The molecule has 112 valence electrons. The first-order valence-electron chi connectivity index (χ1n) is 7.01. The number of rotatable bonds is 5. The highest BCUT2D eigenvalue weighted by Gasteiger charge is 2.15. The molecule has 2 rings (SSSR count). The Balaban J connectivity index is 1.91. The van der Waals surface area contributed by atoms with Gasteiger partial charge >= 0.3 is 5.97 Å². The molecule has 0 aliphatic rings. The number of fused-ring (bicyclic) bond motifs is 1. The summed E-state index contributed by atoms with van der Waals surface area (Å²) in [4.78, 5) is 26.5. The average molecular weight is 288 g/mol. The molecule has 1 aromatic heterocycles. The topological polar surface area (TPSA) is 71.2 Å². The van der Waals surface area contributed by atoms with Gasteiger partial charge in [-0.3, -0.25) is 4.79 Å². The molecule has 2 aromatic rings. The predicted molar refractivity (Wildman–Crippen MR) is 81.0 cm³/mol. The van der Waals surface area contributed by atoms with Crippen LogP contribution in [0.2, 0.25) is 0 Å². The van der Waals surface area contributed by atoms with Gasteiger partial charge in [0.1, 0.15) is 5.69 Å². The van der Waals surface area contributed by atoms with Crippen LogP contribution in [-0.2, 0) is 9.53 Å². The number of nitrogens with one attached hydrogen (secondary N) is 2. The zero-order chi connectivity index (χ0) is 15.4. The van der Waals surface area contributed by atoms with Crippen LogP contribution >= 0.6 is 0 Å². The molecule has 1 atom stereocenters. The van der Waals surface area contributed by atoms with Gasteiger partial charge in [-0.1, -0.05) is 32.0 Å². The lowest BCUT2D eigenvalue weighted by Gasteiger charge is -2.17. The maximum atomic E-state index is 11.9. The molecule has 2 N–H and O–H groups in total. The quantitative estimate of drug-likeness (QED) is 0.830. The van der Waals surface area contributed by atoms with Gasteiger partial charge in [-0.15, -0.1) is 0 Å². The number of para-hydroxylation sites is 1. The third-order valence-electron chi connectivity index (χ3n) is 3.47. The molecule has 0 bridgehead atoms. The van der Waals surface area contributed by atoms with Crippen LogP contribution in [0.4, 0.5) is 0 Å². The third-order valence-corrected chi connectivity index (χ3v) is 3.47. The average Bonchev–Trinajstić information content (AvgIpc) is 2.88. The molecule has 0 saturated carbocycles. The van der Waals surface area contributed by atoms with Crippen molar-refractivity contribution in [3.05, 3.63) is 36.0 Å². The van der Waals surface area contributed by atoms with Crippen molar-refractivity contribution >= 4 is 22.8 Å². The Morgan fingerprint density at radius 1 is 1.24 bits per heavy atom. The smallest absolute Gasteiger partial charge is 0.355 e. The molecule has 1 aromatic carbocycles. The predicted octanol–water partition coefficient (Wildman–Crippen LogP) is 2.49. The SMILES string of the molecule is CC(C)[C@H](C)NC(=O)COC(=O)c1cc2ccccc2[nH]1. The Kier molecular flexibility index (Phi) is 4.62. The number of benzene rings is 1. The summed E-state index contributed by atoms with van der Waals surface area (Å²) in [5.41, 5.74) is 1.21. The van der Waals surface area contributed by atoms with E-state index in [9.17, 15) is 9.59 Å². The number of hydrogen-bond donors (Lipinski definition) is 2. The second-order valence-electron chi connectivity index (χ2n) is 5.45. The summed E-state index contributed by atoms with van der Waals surface area (Å²) < 4.78 is 5.02. The molecular formula is C16H20N2O3. The van der Waals surface area contributed by atoms with Gasteiger partial charge in [-0.2, -0.15) is 0 Å². The third kappa shape index (κ3) is 3.84. The summed E-state index contributed by atoms with van der Waals surface area (Å²) in [6.07, 6.45) is 0. The zero-order valence-electron chi connectivity index (χ0n) is 12.5. The molecule has 0 fully saturated rings. The van der Waals surface area contributed by atoms with E-state index in [0.717, 1.165) is 10.9 Å². The van der Waals surface area contributed by atoms with Gasteiger partial charge in [-0.25, -0.2) is 4.79 Å². The van der Waals surface area contributed by atoms with Crippen LogP contribution < -0.4 is 5.32 Å². The van der Waals surface area contributed by atoms with Crippen molar-refractivity contribution in [2.24, 2.45) is 5.92 Å². The van der Waals surface area contributed by atoms with Crippen LogP contribution in [0.1, 0.15) is 31.3 Å². The molecular weight excluding hydrogens is 268 g/mol. The van der Waals surface area contributed by atoms with Crippen molar-refractivity contribution in [1.29, 1.82) is 0 Å². The zero-order valence-corrected chi connectivity index (χ0v) is 12.5. The van der Waals surface area contributed by atoms with Crippen LogP contribution in [0.5, 0.6) is 0 Å². The van der Waals surface area contributed by atoms with E-state index >= 15 is 0 Å². The lowest BCUT2D eigenvalue weighted by atomic mass is 10.1. The van der Waals surface area contributed by atoms with Gasteiger partial charge in [-0.05, 0) is 25.0 Å². The number of carbonyl (C=O) groups is 2. The van der Waals surface area contributed by atoms with Crippen molar-refractivity contribution in [1.82, 2.24) is 10.3 Å². The fourth-order valence-corrected chi connectivity index (χ4v) is 1.85. The number of amides is 1. The van der Waals surface area contributed by atoms with Gasteiger partial charge in [0, 0.05) is 16.9 Å². The van der Waals surface area contributed by atoms with E-state index in [4.69, 9.17) is 4.74 Å². The molecule has 0 unspecified atom stereocenters. The van der Waals surface area contributed by atoms with Gasteiger partial charge < -0.3 is 15.0 Å². The number of aromatic amines is 1. The fraction of sp³-hybridized carbons (Fsp3) is 0.375. The highest BCUT2D eigenvalue weighted by atomic mass is 16.5. The second kappa shape index (κ2) is 6.43. The van der Waals surface area contributed by atoms with Gasteiger partial charge in [0.15, 0.2) is 6.61 Å². The summed E-state index contributed by atoms with van der Waals surface area (Å²) in [6.45, 7) is 5.68. The highest BCUT2D eigenvalue weighted by molar-refractivity contribution is 5.95. The first-order valence-corrected chi connectivity index (χ1v) is 7.01. The van der Waals surface area contributed by atoms with Crippen LogP contribution in [0, 0.1) is 5.92 Å². The minimum Gasteiger partial charge on any atom is -0.451 e. The van der Waals surface area contributed by atoms with E-state index in [0.29, 0.717) is 11.6 Å². The van der Waals surface area contributed by atoms with Crippen LogP contribution in [0.3, 0.4) is 0 Å². The molecule has 21 heavy (non-hydrogen) atoms. The van der Waals surface area contributed by atoms with Gasteiger partial charge in [0.25, 0.3) is 5.91 Å². The van der Waals surface area contributed by atoms with Crippen molar-refractivity contribution < 1.29 is 14.3 Å². The molecule has 1 heterocycles. The Morgan fingerprint density at radius 3 is 2.62 bits per heavy atom. The van der Waals surface area contributed by atoms with Crippen LogP contribution in [-0.4, -0.2) is 29.5 Å². The van der Waals surface area contributed by atoms with E-state index in [2.05, 4.69) is 10.3 Å². The van der Waals surface area contributed by atoms with E-state index in [1.807, 2.05) is 45.0 Å². The fourth-order valence-electron chi connectivity index (χ4n) is 1.85. The van der Waals surface area contributed by atoms with Gasteiger partial charge in [0.05, 0.1) is 0 Å².